The Balaban J connectivity index is 1.75. The third kappa shape index (κ3) is 3.47. The Morgan fingerprint density at radius 2 is 2.00 bits per heavy atom. The molecule has 0 saturated carbocycles. The van der Waals surface area contributed by atoms with Gasteiger partial charge in [0.25, 0.3) is 0 Å². The number of carboxylic acid groups (broad SMARTS) is 1. The number of para-hydroxylation sites is 1. The van der Waals surface area contributed by atoms with Gasteiger partial charge in [0.2, 0.25) is 11.5 Å². The molecular weight excluding hydrogens is 327 g/mol. The summed E-state index contributed by atoms with van der Waals surface area (Å²) in [5.74, 6) is -0.526. The third-order valence-corrected chi connectivity index (χ3v) is 4.27. The number of benzene rings is 1. The Morgan fingerprint density at radius 1 is 1.32 bits per heavy atom. The van der Waals surface area contributed by atoms with Crippen molar-refractivity contribution in [1.29, 1.82) is 0 Å². The van der Waals surface area contributed by atoms with Crippen molar-refractivity contribution in [2.24, 2.45) is 0 Å². The maximum Gasteiger partial charge on any atom is 0.348 e. The molecule has 0 bridgehead atoms. The van der Waals surface area contributed by atoms with Crippen molar-refractivity contribution in [2.75, 3.05) is 30.4 Å². The fraction of sp³-hybridized carbons (Fsp3) is 0.353. The lowest BCUT2D eigenvalue weighted by atomic mass is 9.91. The smallest absolute Gasteiger partial charge is 0.348 e. The lowest BCUT2D eigenvalue weighted by Gasteiger charge is -2.38. The summed E-state index contributed by atoms with van der Waals surface area (Å²) < 4.78 is 19.3. The summed E-state index contributed by atoms with van der Waals surface area (Å²) in [7, 11) is 1.58. The minimum atomic E-state index is -1.29. The van der Waals surface area contributed by atoms with Crippen LogP contribution in [0.5, 0.6) is 5.75 Å². The van der Waals surface area contributed by atoms with E-state index >= 15 is 0 Å². The zero-order valence-corrected chi connectivity index (χ0v) is 13.8. The molecule has 2 N–H and O–H groups in total. The molecule has 2 heterocycles. The number of nitrogens with zero attached hydrogens (tertiary/aromatic N) is 3. The van der Waals surface area contributed by atoms with E-state index in [4.69, 9.17) is 4.74 Å². The van der Waals surface area contributed by atoms with Gasteiger partial charge in [0, 0.05) is 33.0 Å². The molecule has 0 atom stereocenters. The first-order chi connectivity index (χ1) is 12.0. The summed E-state index contributed by atoms with van der Waals surface area (Å²) in [5.41, 5.74) is -1.29. The molecule has 7 nitrogen and oxygen atoms in total. The molecule has 1 aromatic carbocycles. The van der Waals surface area contributed by atoms with Crippen molar-refractivity contribution in [3.05, 3.63) is 42.3 Å². The van der Waals surface area contributed by atoms with Crippen molar-refractivity contribution in [3.63, 3.8) is 0 Å². The highest BCUT2D eigenvalue weighted by Crippen LogP contribution is 2.30. The normalized spacial score (nSPS) is 16.3. The Hall–Kier alpha value is -2.90. The number of aromatic nitrogens is 2. The summed E-state index contributed by atoms with van der Waals surface area (Å²) >= 11 is 0. The molecule has 1 aliphatic rings. The molecule has 3 rings (SSSR count). The maximum absolute atomic E-state index is 13.5. The first-order valence-electron chi connectivity index (χ1n) is 7.97. The highest BCUT2D eigenvalue weighted by molar-refractivity contribution is 5.78. The van der Waals surface area contributed by atoms with Crippen LogP contribution < -0.4 is 15.0 Å². The molecule has 0 amide bonds. The molecule has 1 aromatic heterocycles. The van der Waals surface area contributed by atoms with Crippen LogP contribution in [0.25, 0.3) is 0 Å². The first-order valence-corrected chi connectivity index (χ1v) is 7.97. The molecule has 0 unspecified atom stereocenters. The van der Waals surface area contributed by atoms with E-state index < -0.39 is 17.4 Å². The van der Waals surface area contributed by atoms with E-state index in [9.17, 15) is 14.3 Å². The van der Waals surface area contributed by atoms with Gasteiger partial charge in [-0.05, 0) is 12.1 Å². The molecule has 0 spiro atoms. The first kappa shape index (κ1) is 16.9. The van der Waals surface area contributed by atoms with Crippen molar-refractivity contribution >= 4 is 17.7 Å². The number of ether oxygens (including phenoxy) is 1. The lowest BCUT2D eigenvalue weighted by Crippen LogP contribution is -2.53. The number of hydrogen-bond acceptors (Lipinski definition) is 6. The molecule has 132 valence electrons. The van der Waals surface area contributed by atoms with Gasteiger partial charge in [-0.1, -0.05) is 18.2 Å². The number of rotatable bonds is 5. The fourth-order valence-electron chi connectivity index (χ4n) is 2.83. The molecule has 0 radical (unpaired) electrons. The molecule has 1 fully saturated rings. The van der Waals surface area contributed by atoms with Gasteiger partial charge in [0.15, 0.2) is 11.6 Å². The molecular formula is C17H19FN4O3. The van der Waals surface area contributed by atoms with Crippen LogP contribution >= 0.6 is 0 Å². The number of hydrogen-bond donors (Lipinski definition) is 2. The number of anilines is 2. The van der Waals surface area contributed by atoms with Crippen LogP contribution in [0.4, 0.5) is 16.2 Å². The van der Waals surface area contributed by atoms with E-state index in [-0.39, 0.29) is 18.7 Å². The average Bonchev–Trinajstić information content (AvgIpc) is 2.63. The summed E-state index contributed by atoms with van der Waals surface area (Å²) in [6.07, 6.45) is 1.65. The summed E-state index contributed by atoms with van der Waals surface area (Å²) in [5, 5.41) is 12.4. The minimum absolute atomic E-state index is 0.112. The standard InChI is InChI=1S/C17H19FN4O3/c1-19-14-13(18)11-20-16(21-14)22-9-7-17(8-10-22,15(23)24)25-12-5-3-2-4-6-12/h2-6,11H,7-10H2,1H3,(H,23,24)(H,19,20,21). The number of nitrogens with one attached hydrogen (secondary N) is 1. The van der Waals surface area contributed by atoms with Gasteiger partial charge in [0.05, 0.1) is 6.20 Å². The van der Waals surface area contributed by atoms with Crippen LogP contribution in [-0.4, -0.2) is 46.8 Å². The quantitative estimate of drug-likeness (QED) is 0.858. The van der Waals surface area contributed by atoms with Crippen LogP contribution in [0.1, 0.15) is 12.8 Å². The zero-order valence-electron chi connectivity index (χ0n) is 13.8. The van der Waals surface area contributed by atoms with E-state index in [0.717, 1.165) is 6.20 Å². The molecule has 1 saturated heterocycles. The topological polar surface area (TPSA) is 87.6 Å². The summed E-state index contributed by atoms with van der Waals surface area (Å²) in [6, 6.07) is 8.91. The second kappa shape index (κ2) is 6.92. The van der Waals surface area contributed by atoms with E-state index in [2.05, 4.69) is 15.3 Å². The Labute approximate surface area is 144 Å². The van der Waals surface area contributed by atoms with Gasteiger partial charge < -0.3 is 20.1 Å². The predicted octanol–water partition coefficient (Wildman–Crippen LogP) is 2.16. The Kier molecular flexibility index (Phi) is 4.69. The van der Waals surface area contributed by atoms with Crippen LogP contribution in [0.3, 0.4) is 0 Å². The summed E-state index contributed by atoms with van der Waals surface area (Å²) in [6.45, 7) is 0.793. The second-order valence-corrected chi connectivity index (χ2v) is 5.82. The number of halogens is 1. The van der Waals surface area contributed by atoms with E-state index in [1.807, 2.05) is 11.0 Å². The number of carboxylic acids is 1. The van der Waals surface area contributed by atoms with Gasteiger partial charge in [-0.3, -0.25) is 0 Å². The van der Waals surface area contributed by atoms with Gasteiger partial charge in [-0.2, -0.15) is 4.98 Å². The molecule has 25 heavy (non-hydrogen) atoms. The number of carbonyl (C=O) groups is 1. The monoisotopic (exact) mass is 346 g/mol. The van der Waals surface area contributed by atoms with E-state index in [1.165, 1.54) is 0 Å². The van der Waals surface area contributed by atoms with Crippen molar-refractivity contribution in [1.82, 2.24) is 9.97 Å². The van der Waals surface area contributed by atoms with E-state index in [0.29, 0.717) is 24.8 Å². The van der Waals surface area contributed by atoms with Crippen molar-refractivity contribution in [2.45, 2.75) is 18.4 Å². The van der Waals surface area contributed by atoms with Crippen molar-refractivity contribution in [3.8, 4) is 5.75 Å². The largest absolute Gasteiger partial charge is 0.478 e. The number of aliphatic carboxylic acids is 1. The number of piperidine rings is 1. The second-order valence-electron chi connectivity index (χ2n) is 5.82. The lowest BCUT2D eigenvalue weighted by molar-refractivity contribution is -0.157. The van der Waals surface area contributed by atoms with Crippen LogP contribution in [-0.2, 0) is 4.79 Å². The third-order valence-electron chi connectivity index (χ3n) is 4.27. The van der Waals surface area contributed by atoms with Crippen LogP contribution in [0.2, 0.25) is 0 Å². The van der Waals surface area contributed by atoms with E-state index in [1.54, 1.807) is 31.3 Å². The zero-order chi connectivity index (χ0) is 17.9. The Morgan fingerprint density at radius 3 is 2.60 bits per heavy atom. The van der Waals surface area contributed by atoms with Gasteiger partial charge in [-0.25, -0.2) is 14.2 Å². The van der Waals surface area contributed by atoms with Crippen LogP contribution in [0, 0.1) is 5.82 Å². The van der Waals surface area contributed by atoms with Gasteiger partial charge in [0.1, 0.15) is 5.75 Å². The fourth-order valence-corrected chi connectivity index (χ4v) is 2.83. The van der Waals surface area contributed by atoms with Gasteiger partial charge >= 0.3 is 5.97 Å². The predicted molar refractivity (Wildman–Crippen MR) is 90.4 cm³/mol. The summed E-state index contributed by atoms with van der Waals surface area (Å²) in [4.78, 5) is 21.8. The maximum atomic E-state index is 13.5. The molecule has 8 heteroatoms. The SMILES string of the molecule is CNc1nc(N2CCC(Oc3ccccc3)(C(=O)O)CC2)ncc1F. The molecule has 2 aromatic rings. The Bertz CT molecular complexity index is 749. The average molecular weight is 346 g/mol. The van der Waals surface area contributed by atoms with Crippen molar-refractivity contribution < 1.29 is 19.0 Å². The van der Waals surface area contributed by atoms with Gasteiger partial charge in [-0.15, -0.1) is 0 Å². The molecule has 0 aliphatic carbocycles. The highest BCUT2D eigenvalue weighted by atomic mass is 19.1. The van der Waals surface area contributed by atoms with Crippen LogP contribution in [0.15, 0.2) is 36.5 Å². The minimum Gasteiger partial charge on any atom is -0.478 e. The highest BCUT2D eigenvalue weighted by Gasteiger charge is 2.44. The molecule has 1 aliphatic heterocycles.